The van der Waals surface area contributed by atoms with E-state index >= 15 is 0 Å². The molecular weight excluding hydrogens is 308 g/mol. The first-order chi connectivity index (χ1) is 10.0. The van der Waals surface area contributed by atoms with Gasteiger partial charge in [0.1, 0.15) is 5.75 Å². The van der Waals surface area contributed by atoms with Gasteiger partial charge in [0.15, 0.2) is 5.78 Å². The lowest BCUT2D eigenvalue weighted by molar-refractivity contribution is 0.0992. The number of Topliss-reactive ketones (excluding diaryl/α,β-unsaturated/α-hetero) is 1. The molecule has 0 amide bonds. The molecule has 0 N–H and O–H groups in total. The summed E-state index contributed by atoms with van der Waals surface area (Å²) < 4.78 is 17.5. The van der Waals surface area contributed by atoms with Gasteiger partial charge < -0.3 is 4.74 Å². The molecule has 2 aromatic carbocycles. The van der Waals surface area contributed by atoms with Gasteiger partial charge in [0.05, 0.1) is 23.2 Å². The van der Waals surface area contributed by atoms with Crippen molar-refractivity contribution in [2.24, 2.45) is 0 Å². The molecule has 2 atom stereocenters. The van der Waals surface area contributed by atoms with Crippen LogP contribution in [-0.2, 0) is 10.8 Å². The summed E-state index contributed by atoms with van der Waals surface area (Å²) in [7, 11) is 0.156. The third-order valence-electron chi connectivity index (χ3n) is 3.11. The van der Waals surface area contributed by atoms with Crippen molar-refractivity contribution in [1.29, 1.82) is 0 Å². The lowest BCUT2D eigenvalue weighted by Gasteiger charge is -2.11. The van der Waals surface area contributed by atoms with E-state index in [1.165, 1.54) is 0 Å². The molecule has 5 heteroatoms. The van der Waals surface area contributed by atoms with Crippen molar-refractivity contribution in [3.05, 3.63) is 59.1 Å². The summed E-state index contributed by atoms with van der Waals surface area (Å²) in [6, 6.07) is 13.5. The van der Waals surface area contributed by atoms with Crippen LogP contribution in [0, 0.1) is 0 Å². The number of carbonyl (C=O) groups excluding carboxylic acids is 1. The minimum absolute atomic E-state index is 0.166. The highest BCUT2D eigenvalue weighted by Gasteiger charge is 2.22. The van der Waals surface area contributed by atoms with Crippen molar-refractivity contribution in [3.63, 3.8) is 0 Å². The Labute approximate surface area is 131 Å². The monoisotopic (exact) mass is 322 g/mol. The molecule has 0 aliphatic heterocycles. The molecule has 0 spiro atoms. The smallest absolute Gasteiger partial charge is 0.178 e. The Balaban J connectivity index is 2.17. The molecule has 110 valence electrons. The Hall–Kier alpha value is -1.65. The summed E-state index contributed by atoms with van der Waals surface area (Å²) in [6.07, 6.45) is 0. The second-order valence-corrected chi connectivity index (χ2v) is 6.70. The standard InChI is InChI=1S/C16H15ClO3S/c1-11(16(18)12-3-5-13(17)6-4-12)21(19)15-9-7-14(20-2)8-10-15/h3-11H,1-2H3. The number of halogens is 1. The molecule has 0 bridgehead atoms. The molecule has 3 nitrogen and oxygen atoms in total. The van der Waals surface area contributed by atoms with Crippen LogP contribution in [-0.4, -0.2) is 22.4 Å². The van der Waals surface area contributed by atoms with Crippen LogP contribution in [0.25, 0.3) is 0 Å². The van der Waals surface area contributed by atoms with E-state index in [4.69, 9.17) is 16.3 Å². The van der Waals surface area contributed by atoms with Crippen LogP contribution in [0.15, 0.2) is 53.4 Å². The predicted molar refractivity (Wildman–Crippen MR) is 84.6 cm³/mol. The Morgan fingerprint density at radius 3 is 2.19 bits per heavy atom. The number of rotatable bonds is 5. The van der Waals surface area contributed by atoms with E-state index in [-0.39, 0.29) is 5.78 Å². The molecule has 0 saturated carbocycles. The molecule has 0 saturated heterocycles. The van der Waals surface area contributed by atoms with Gasteiger partial charge in [-0.25, -0.2) is 0 Å². The van der Waals surface area contributed by atoms with E-state index < -0.39 is 16.0 Å². The number of ketones is 1. The zero-order chi connectivity index (χ0) is 15.4. The number of carbonyl (C=O) groups is 1. The van der Waals surface area contributed by atoms with Crippen LogP contribution in [0.5, 0.6) is 5.75 Å². The Morgan fingerprint density at radius 1 is 1.10 bits per heavy atom. The Kier molecular flexibility index (Phi) is 5.15. The lowest BCUT2D eigenvalue weighted by Crippen LogP contribution is -2.22. The molecule has 21 heavy (non-hydrogen) atoms. The average molecular weight is 323 g/mol. The van der Waals surface area contributed by atoms with E-state index in [0.717, 1.165) is 0 Å². The maximum Gasteiger partial charge on any atom is 0.178 e. The average Bonchev–Trinajstić information content (AvgIpc) is 2.53. The Morgan fingerprint density at radius 2 is 1.67 bits per heavy atom. The van der Waals surface area contributed by atoms with Crippen LogP contribution in [0.4, 0.5) is 0 Å². The maximum absolute atomic E-state index is 12.4. The van der Waals surface area contributed by atoms with Crippen molar-refractivity contribution in [2.75, 3.05) is 7.11 Å². The molecule has 0 fully saturated rings. The Bertz CT molecular complexity index is 650. The van der Waals surface area contributed by atoms with Crippen LogP contribution < -0.4 is 4.74 Å². The number of hydrogen-bond donors (Lipinski definition) is 0. The number of methoxy groups -OCH3 is 1. The number of ether oxygens (including phenoxy) is 1. The van der Waals surface area contributed by atoms with Crippen LogP contribution >= 0.6 is 11.6 Å². The number of hydrogen-bond acceptors (Lipinski definition) is 3. The molecule has 2 aromatic rings. The molecule has 0 radical (unpaired) electrons. The lowest BCUT2D eigenvalue weighted by atomic mass is 10.1. The van der Waals surface area contributed by atoms with E-state index in [2.05, 4.69) is 0 Å². The minimum atomic E-state index is -1.41. The van der Waals surface area contributed by atoms with E-state index in [9.17, 15) is 9.00 Å². The SMILES string of the molecule is COc1ccc(S(=O)C(C)C(=O)c2ccc(Cl)cc2)cc1. The fourth-order valence-electron chi connectivity index (χ4n) is 1.86. The van der Waals surface area contributed by atoms with Crippen molar-refractivity contribution in [1.82, 2.24) is 0 Å². The highest BCUT2D eigenvalue weighted by atomic mass is 35.5. The maximum atomic E-state index is 12.4. The molecule has 0 aromatic heterocycles. The second-order valence-electron chi connectivity index (χ2n) is 4.49. The van der Waals surface area contributed by atoms with Gasteiger partial charge >= 0.3 is 0 Å². The fraction of sp³-hybridized carbons (Fsp3) is 0.188. The third kappa shape index (κ3) is 3.71. The highest BCUT2D eigenvalue weighted by molar-refractivity contribution is 7.86. The molecule has 0 aliphatic carbocycles. The van der Waals surface area contributed by atoms with Gasteiger partial charge in [-0.05, 0) is 55.5 Å². The molecule has 2 unspecified atom stereocenters. The highest BCUT2D eigenvalue weighted by Crippen LogP contribution is 2.19. The largest absolute Gasteiger partial charge is 0.497 e. The normalized spacial score (nSPS) is 13.5. The van der Waals surface area contributed by atoms with Gasteiger partial charge in [-0.1, -0.05) is 11.6 Å². The van der Waals surface area contributed by atoms with Crippen molar-refractivity contribution >= 4 is 28.2 Å². The second kappa shape index (κ2) is 6.87. The van der Waals surface area contributed by atoms with Crippen LogP contribution in [0.3, 0.4) is 0 Å². The molecule has 0 heterocycles. The first-order valence-electron chi connectivity index (χ1n) is 6.37. The van der Waals surface area contributed by atoms with Gasteiger partial charge in [-0.2, -0.15) is 0 Å². The van der Waals surface area contributed by atoms with Gasteiger partial charge in [-0.3, -0.25) is 9.00 Å². The first kappa shape index (κ1) is 15.7. The van der Waals surface area contributed by atoms with Crippen molar-refractivity contribution in [2.45, 2.75) is 17.1 Å². The van der Waals surface area contributed by atoms with Gasteiger partial charge in [0, 0.05) is 15.5 Å². The van der Waals surface area contributed by atoms with E-state index in [0.29, 0.717) is 21.2 Å². The quantitative estimate of drug-likeness (QED) is 0.788. The summed E-state index contributed by atoms with van der Waals surface area (Å²) in [5, 5.41) is -0.0601. The van der Waals surface area contributed by atoms with Crippen molar-refractivity contribution < 1.29 is 13.7 Å². The summed E-state index contributed by atoms with van der Waals surface area (Å²) in [4.78, 5) is 12.9. The third-order valence-corrected chi connectivity index (χ3v) is 4.96. The minimum Gasteiger partial charge on any atom is -0.497 e. The number of benzene rings is 2. The van der Waals surface area contributed by atoms with Crippen LogP contribution in [0.2, 0.25) is 5.02 Å². The fourth-order valence-corrected chi connectivity index (χ4v) is 3.13. The topological polar surface area (TPSA) is 43.4 Å². The van der Waals surface area contributed by atoms with E-state index in [1.54, 1.807) is 62.6 Å². The summed E-state index contributed by atoms with van der Waals surface area (Å²) in [5.41, 5.74) is 0.508. The summed E-state index contributed by atoms with van der Waals surface area (Å²) in [6.45, 7) is 1.66. The molecule has 2 rings (SSSR count). The summed E-state index contributed by atoms with van der Waals surface area (Å²) >= 11 is 5.80. The van der Waals surface area contributed by atoms with Crippen molar-refractivity contribution in [3.8, 4) is 5.75 Å². The van der Waals surface area contributed by atoms with Gasteiger partial charge in [-0.15, -0.1) is 0 Å². The van der Waals surface area contributed by atoms with Crippen LogP contribution in [0.1, 0.15) is 17.3 Å². The first-order valence-corrected chi connectivity index (χ1v) is 7.96. The van der Waals surface area contributed by atoms with Gasteiger partial charge in [0.25, 0.3) is 0 Å². The van der Waals surface area contributed by atoms with Gasteiger partial charge in [0.2, 0.25) is 0 Å². The summed E-state index contributed by atoms with van der Waals surface area (Å²) in [5.74, 6) is 0.522. The molecular formula is C16H15ClO3S. The molecule has 0 aliphatic rings. The zero-order valence-electron chi connectivity index (χ0n) is 11.7. The van der Waals surface area contributed by atoms with E-state index in [1.807, 2.05) is 0 Å². The zero-order valence-corrected chi connectivity index (χ0v) is 13.3. The predicted octanol–water partition coefficient (Wildman–Crippen LogP) is 3.73.